The van der Waals surface area contributed by atoms with Gasteiger partial charge >= 0.3 is 5.97 Å². The van der Waals surface area contributed by atoms with Crippen molar-refractivity contribution in [2.75, 3.05) is 19.6 Å². The molecule has 2 unspecified atom stereocenters. The third-order valence-corrected chi connectivity index (χ3v) is 10.8. The molecule has 0 radical (unpaired) electrons. The third-order valence-electron chi connectivity index (χ3n) is 10.8. The van der Waals surface area contributed by atoms with Gasteiger partial charge in [0.25, 0.3) is 0 Å². The molecule has 7 N–H and O–H groups in total. The number of aliphatic carboxylic acids is 1. The number of carboxylic acid groups (broad SMARTS) is 1. The van der Waals surface area contributed by atoms with Crippen LogP contribution < -0.4 is 21.3 Å². The number of carbonyl (C=O) groups excluding carboxylic acids is 6. The Morgan fingerprint density at radius 2 is 1.38 bits per heavy atom. The van der Waals surface area contributed by atoms with E-state index in [0.717, 1.165) is 30.6 Å². The first kappa shape index (κ1) is 43.6. The van der Waals surface area contributed by atoms with Crippen molar-refractivity contribution in [2.24, 2.45) is 17.8 Å². The molecule has 300 valence electrons. The highest BCUT2D eigenvalue weighted by Crippen LogP contribution is 2.31. The van der Waals surface area contributed by atoms with Gasteiger partial charge in [-0.05, 0) is 50.4 Å². The van der Waals surface area contributed by atoms with Crippen molar-refractivity contribution in [1.82, 2.24) is 31.1 Å². The third kappa shape index (κ3) is 12.4. The molecule has 2 aliphatic heterocycles. The first-order valence-corrected chi connectivity index (χ1v) is 19.4. The summed E-state index contributed by atoms with van der Waals surface area (Å²) in [7, 11) is 0. The molecular formula is C37H62N6O10. The zero-order valence-electron chi connectivity index (χ0n) is 32.0. The molecule has 0 aromatic rings. The Morgan fingerprint density at radius 3 is 1.98 bits per heavy atom. The Hall–Kier alpha value is -3.79. The SMILES string of the molecule is CCCNC(=O)[C@@H](NC(=O)[C@@H]1CCCN1C(=O)[C@H](CC(=O)O)NC(=O)[C@@H]1CC(O)CCN1C(=O)[C@@H](NC(=O)C[C@H](C)C1CCCCC1)C(C)C)C(C)O. The number of nitrogens with one attached hydrogen (secondary N) is 4. The molecule has 6 amide bonds. The number of amides is 6. The molecule has 8 atom stereocenters. The second-order valence-corrected chi connectivity index (χ2v) is 15.5. The van der Waals surface area contributed by atoms with Crippen molar-refractivity contribution in [3.63, 3.8) is 0 Å². The van der Waals surface area contributed by atoms with E-state index in [9.17, 15) is 48.9 Å². The number of hydrogen-bond donors (Lipinski definition) is 7. The zero-order valence-corrected chi connectivity index (χ0v) is 32.0. The van der Waals surface area contributed by atoms with E-state index in [1.807, 2.05) is 6.92 Å². The largest absolute Gasteiger partial charge is 0.481 e. The van der Waals surface area contributed by atoms with Crippen LogP contribution >= 0.6 is 0 Å². The van der Waals surface area contributed by atoms with Crippen molar-refractivity contribution in [3.05, 3.63) is 0 Å². The van der Waals surface area contributed by atoms with Crippen LogP contribution in [-0.4, -0.2) is 129 Å². The van der Waals surface area contributed by atoms with Crippen molar-refractivity contribution in [1.29, 1.82) is 0 Å². The highest BCUT2D eigenvalue weighted by molar-refractivity contribution is 5.98. The molecule has 16 nitrogen and oxygen atoms in total. The van der Waals surface area contributed by atoms with Crippen LogP contribution in [0.1, 0.15) is 112 Å². The minimum atomic E-state index is -1.62. The van der Waals surface area contributed by atoms with Crippen LogP contribution in [0.5, 0.6) is 0 Å². The minimum Gasteiger partial charge on any atom is -0.481 e. The summed E-state index contributed by atoms with van der Waals surface area (Å²) in [5.41, 5.74) is 0. The Labute approximate surface area is 312 Å². The van der Waals surface area contributed by atoms with Crippen molar-refractivity contribution in [2.45, 2.75) is 154 Å². The summed E-state index contributed by atoms with van der Waals surface area (Å²) in [5.74, 6) is -4.90. The standard InChI is InChI=1S/C37H62N6O10/c1-6-15-38-35(51)32(23(5)44)41-33(49)27-13-10-16-42(27)36(52)26(20-30(47)48)39-34(50)28-19-25(45)14-17-43(28)37(53)31(21(2)3)40-29(46)18-22(4)24-11-8-7-9-12-24/h21-28,31-32,44-45H,6-20H2,1-5H3,(H,38,51)(H,39,50)(H,40,46)(H,41,49)(H,47,48)/t22-,23?,25?,26-,27-,28-,31-,32-/m0/s1. The number of rotatable bonds is 17. The smallest absolute Gasteiger partial charge is 0.305 e. The van der Waals surface area contributed by atoms with Gasteiger partial charge in [-0.3, -0.25) is 33.6 Å². The highest BCUT2D eigenvalue weighted by Gasteiger charge is 2.43. The summed E-state index contributed by atoms with van der Waals surface area (Å²) < 4.78 is 0. The first-order chi connectivity index (χ1) is 25.0. The van der Waals surface area contributed by atoms with Crippen LogP contribution in [0, 0.1) is 17.8 Å². The molecule has 0 spiro atoms. The Bertz CT molecular complexity index is 1300. The normalized spacial score (nSPS) is 23.7. The van der Waals surface area contributed by atoms with Gasteiger partial charge in [-0.2, -0.15) is 0 Å². The van der Waals surface area contributed by atoms with Crippen LogP contribution in [0.4, 0.5) is 0 Å². The van der Waals surface area contributed by atoms with Crippen LogP contribution in [-0.2, 0) is 33.6 Å². The molecule has 3 aliphatic rings. The van der Waals surface area contributed by atoms with Gasteiger partial charge in [0.15, 0.2) is 0 Å². The van der Waals surface area contributed by atoms with E-state index in [1.54, 1.807) is 13.8 Å². The summed E-state index contributed by atoms with van der Waals surface area (Å²) in [6.45, 7) is 9.22. The van der Waals surface area contributed by atoms with Gasteiger partial charge in [0.05, 0.1) is 18.6 Å². The lowest BCUT2D eigenvalue weighted by Gasteiger charge is -2.40. The summed E-state index contributed by atoms with van der Waals surface area (Å²) in [6, 6.07) is -6.22. The van der Waals surface area contributed by atoms with E-state index in [0.29, 0.717) is 25.3 Å². The van der Waals surface area contributed by atoms with E-state index in [2.05, 4.69) is 28.2 Å². The molecule has 0 aromatic heterocycles. The number of carbonyl (C=O) groups is 7. The lowest BCUT2D eigenvalue weighted by Crippen LogP contribution is -2.62. The molecule has 0 bridgehead atoms. The zero-order chi connectivity index (χ0) is 39.4. The molecular weight excluding hydrogens is 688 g/mol. The van der Waals surface area contributed by atoms with Gasteiger partial charge in [0, 0.05) is 32.5 Å². The molecule has 53 heavy (non-hydrogen) atoms. The average Bonchev–Trinajstić information content (AvgIpc) is 3.61. The van der Waals surface area contributed by atoms with Crippen LogP contribution in [0.3, 0.4) is 0 Å². The lowest BCUT2D eigenvalue weighted by atomic mass is 9.79. The Balaban J connectivity index is 1.75. The maximum atomic E-state index is 14.0. The number of aliphatic hydroxyl groups is 2. The van der Waals surface area contributed by atoms with Gasteiger partial charge in [-0.1, -0.05) is 59.8 Å². The Morgan fingerprint density at radius 1 is 0.736 bits per heavy atom. The van der Waals surface area contributed by atoms with Gasteiger partial charge in [-0.25, -0.2) is 0 Å². The van der Waals surface area contributed by atoms with E-state index < -0.39 is 84.3 Å². The quantitative estimate of drug-likeness (QED) is 0.108. The predicted molar refractivity (Wildman–Crippen MR) is 194 cm³/mol. The maximum Gasteiger partial charge on any atom is 0.305 e. The van der Waals surface area contributed by atoms with Crippen molar-refractivity contribution >= 4 is 41.4 Å². The number of aliphatic hydroxyl groups excluding tert-OH is 2. The molecule has 2 saturated heterocycles. The van der Waals surface area contributed by atoms with E-state index in [-0.39, 0.29) is 56.5 Å². The fourth-order valence-corrected chi connectivity index (χ4v) is 7.70. The molecule has 16 heteroatoms. The highest BCUT2D eigenvalue weighted by atomic mass is 16.4. The van der Waals surface area contributed by atoms with Crippen LogP contribution in [0.2, 0.25) is 0 Å². The first-order valence-electron chi connectivity index (χ1n) is 19.4. The van der Waals surface area contributed by atoms with Crippen LogP contribution in [0.25, 0.3) is 0 Å². The molecule has 2 heterocycles. The summed E-state index contributed by atoms with van der Waals surface area (Å²) in [4.78, 5) is 95.3. The molecule has 1 saturated carbocycles. The molecule has 0 aromatic carbocycles. The Kier molecular flexibility index (Phi) is 17.0. The van der Waals surface area contributed by atoms with Gasteiger partial charge in [-0.15, -0.1) is 0 Å². The topological polar surface area (TPSA) is 235 Å². The number of hydrogen-bond acceptors (Lipinski definition) is 9. The van der Waals surface area contributed by atoms with Crippen molar-refractivity contribution in [3.8, 4) is 0 Å². The number of piperidine rings is 1. The summed E-state index contributed by atoms with van der Waals surface area (Å²) in [5, 5.41) is 41.0. The number of nitrogens with zero attached hydrogens (tertiary/aromatic N) is 2. The second kappa shape index (κ2) is 20.6. The average molecular weight is 751 g/mol. The minimum absolute atomic E-state index is 0.00214. The second-order valence-electron chi connectivity index (χ2n) is 15.5. The van der Waals surface area contributed by atoms with Gasteiger partial charge in [0.2, 0.25) is 35.4 Å². The predicted octanol–water partition coefficient (Wildman–Crippen LogP) is 0.428. The fraction of sp³-hybridized carbons (Fsp3) is 0.811. The fourth-order valence-electron chi connectivity index (χ4n) is 7.70. The summed E-state index contributed by atoms with van der Waals surface area (Å²) in [6.07, 6.45) is 4.12. The maximum absolute atomic E-state index is 14.0. The summed E-state index contributed by atoms with van der Waals surface area (Å²) >= 11 is 0. The lowest BCUT2D eigenvalue weighted by molar-refractivity contribution is -0.151. The monoisotopic (exact) mass is 750 g/mol. The molecule has 3 rings (SSSR count). The van der Waals surface area contributed by atoms with E-state index in [1.165, 1.54) is 18.2 Å². The number of likely N-dealkylation sites (tertiary alicyclic amines) is 2. The van der Waals surface area contributed by atoms with Gasteiger partial charge in [0.1, 0.15) is 30.2 Å². The number of carboxylic acids is 1. The van der Waals surface area contributed by atoms with Crippen molar-refractivity contribution < 1.29 is 48.9 Å². The molecule has 1 aliphatic carbocycles. The molecule has 3 fully saturated rings. The van der Waals surface area contributed by atoms with E-state index in [4.69, 9.17) is 0 Å². The van der Waals surface area contributed by atoms with Crippen LogP contribution in [0.15, 0.2) is 0 Å². The van der Waals surface area contributed by atoms with Gasteiger partial charge < -0.3 is 46.4 Å². The van der Waals surface area contributed by atoms with E-state index >= 15 is 0 Å².